The van der Waals surface area contributed by atoms with E-state index >= 15 is 0 Å². The van der Waals surface area contributed by atoms with Gasteiger partial charge in [-0.25, -0.2) is 0 Å². The molecule has 0 aromatic heterocycles. The summed E-state index contributed by atoms with van der Waals surface area (Å²) >= 11 is 0. The Bertz CT molecular complexity index is 834. The molecular weight excluding hydrogens is 378 g/mol. The lowest BCUT2D eigenvalue weighted by Gasteiger charge is -2.26. The maximum absolute atomic E-state index is 11.6. The van der Waals surface area contributed by atoms with E-state index in [4.69, 9.17) is 4.74 Å². The van der Waals surface area contributed by atoms with Crippen LogP contribution in [0, 0.1) is 0 Å². The molecule has 1 amide bonds. The van der Waals surface area contributed by atoms with Crippen molar-refractivity contribution in [3.63, 3.8) is 0 Å². The van der Waals surface area contributed by atoms with Crippen LogP contribution in [0.4, 0.5) is 5.69 Å². The van der Waals surface area contributed by atoms with Gasteiger partial charge in [-0.2, -0.15) is 0 Å². The van der Waals surface area contributed by atoms with Gasteiger partial charge in [0.2, 0.25) is 5.91 Å². The molecule has 2 saturated heterocycles. The molecule has 3 N–H and O–H groups in total. The Labute approximate surface area is 178 Å². The first-order valence-electron chi connectivity index (χ1n) is 10.9. The van der Waals surface area contributed by atoms with Gasteiger partial charge in [0.25, 0.3) is 0 Å². The summed E-state index contributed by atoms with van der Waals surface area (Å²) < 4.78 is 5.88. The smallest absolute Gasteiger partial charge is 0.220 e. The Morgan fingerprint density at radius 3 is 2.60 bits per heavy atom. The Morgan fingerprint density at radius 2 is 1.87 bits per heavy atom. The number of hydrogen-bond donors (Lipinski definition) is 3. The van der Waals surface area contributed by atoms with E-state index in [1.165, 1.54) is 32.4 Å². The van der Waals surface area contributed by atoms with E-state index in [9.17, 15) is 9.90 Å². The van der Waals surface area contributed by atoms with E-state index in [0.717, 1.165) is 29.1 Å². The van der Waals surface area contributed by atoms with E-state index in [-0.39, 0.29) is 11.8 Å². The second-order valence-corrected chi connectivity index (χ2v) is 8.16. The first-order valence-corrected chi connectivity index (χ1v) is 10.9. The average molecular weight is 410 g/mol. The molecule has 6 heteroatoms. The number of hydrogen-bond acceptors (Lipinski definition) is 5. The molecule has 6 nitrogen and oxygen atoms in total. The molecular formula is C24H31N3O3. The summed E-state index contributed by atoms with van der Waals surface area (Å²) in [4.78, 5) is 14.0. The molecule has 2 atom stereocenters. The summed E-state index contributed by atoms with van der Waals surface area (Å²) in [6.07, 6.45) is 3.57. The third kappa shape index (κ3) is 5.32. The van der Waals surface area contributed by atoms with Gasteiger partial charge >= 0.3 is 0 Å². The van der Waals surface area contributed by atoms with Crippen LogP contribution in [0.1, 0.15) is 49.0 Å². The number of benzene rings is 2. The van der Waals surface area contributed by atoms with Gasteiger partial charge in [-0.15, -0.1) is 0 Å². The topological polar surface area (TPSA) is 73.8 Å². The van der Waals surface area contributed by atoms with Crippen LogP contribution in [0.2, 0.25) is 0 Å². The largest absolute Gasteiger partial charge is 0.492 e. The fraction of sp³-hybridized carbons (Fsp3) is 0.458. The van der Waals surface area contributed by atoms with Crippen molar-refractivity contribution in [3.8, 4) is 5.75 Å². The lowest BCUT2D eigenvalue weighted by Crippen LogP contribution is -2.33. The van der Waals surface area contributed by atoms with Crippen molar-refractivity contribution < 1.29 is 14.6 Å². The van der Waals surface area contributed by atoms with Crippen LogP contribution in [0.3, 0.4) is 0 Å². The number of likely N-dealkylation sites (tertiary alicyclic amines) is 1. The molecule has 2 aromatic rings. The molecule has 2 unspecified atom stereocenters. The van der Waals surface area contributed by atoms with Gasteiger partial charge in [0, 0.05) is 36.7 Å². The fourth-order valence-electron chi connectivity index (χ4n) is 4.26. The first-order chi connectivity index (χ1) is 14.7. The van der Waals surface area contributed by atoms with Crippen molar-refractivity contribution in [1.29, 1.82) is 0 Å². The van der Waals surface area contributed by atoms with E-state index in [0.29, 0.717) is 19.6 Å². The molecule has 0 saturated carbocycles. The number of carbonyl (C=O) groups is 1. The molecule has 4 rings (SSSR count). The van der Waals surface area contributed by atoms with Gasteiger partial charge in [0.15, 0.2) is 6.23 Å². The van der Waals surface area contributed by atoms with Crippen molar-refractivity contribution in [1.82, 2.24) is 10.2 Å². The zero-order valence-corrected chi connectivity index (χ0v) is 17.3. The zero-order valence-electron chi connectivity index (χ0n) is 17.3. The maximum Gasteiger partial charge on any atom is 0.220 e. The molecule has 0 aliphatic carbocycles. The Kier molecular flexibility index (Phi) is 6.87. The van der Waals surface area contributed by atoms with Gasteiger partial charge in [-0.1, -0.05) is 36.8 Å². The van der Waals surface area contributed by atoms with Crippen molar-refractivity contribution in [3.05, 3.63) is 59.7 Å². The highest BCUT2D eigenvalue weighted by Crippen LogP contribution is 2.31. The highest BCUT2D eigenvalue weighted by atomic mass is 16.5. The number of nitrogens with one attached hydrogen (secondary N) is 2. The number of carbonyl (C=O) groups excluding carboxylic acids is 1. The molecule has 2 aliphatic rings. The van der Waals surface area contributed by atoms with Gasteiger partial charge in [-0.05, 0) is 49.7 Å². The molecule has 0 spiro atoms. The number of para-hydroxylation sites is 1. The van der Waals surface area contributed by atoms with Crippen LogP contribution < -0.4 is 15.4 Å². The number of ether oxygens (including phenoxy) is 1. The second kappa shape index (κ2) is 9.96. The highest BCUT2D eigenvalue weighted by Gasteiger charge is 2.25. The number of anilines is 1. The van der Waals surface area contributed by atoms with Crippen molar-refractivity contribution in [2.75, 3.05) is 38.1 Å². The van der Waals surface area contributed by atoms with Crippen LogP contribution in [-0.4, -0.2) is 48.7 Å². The summed E-state index contributed by atoms with van der Waals surface area (Å²) in [6, 6.07) is 15.4. The van der Waals surface area contributed by atoms with Gasteiger partial charge in [0.1, 0.15) is 12.4 Å². The second-order valence-electron chi connectivity index (χ2n) is 8.16. The summed E-state index contributed by atoms with van der Waals surface area (Å²) in [7, 11) is 0. The molecule has 2 heterocycles. The maximum atomic E-state index is 11.6. The summed E-state index contributed by atoms with van der Waals surface area (Å²) in [6.45, 7) is 4.62. The van der Waals surface area contributed by atoms with Crippen LogP contribution in [0.25, 0.3) is 0 Å². The highest BCUT2D eigenvalue weighted by molar-refractivity contribution is 5.80. The predicted octanol–water partition coefficient (Wildman–Crippen LogP) is 3.26. The number of aliphatic hydroxyl groups excluding tert-OH is 1. The molecule has 2 aromatic carbocycles. The molecule has 0 radical (unpaired) electrons. The van der Waals surface area contributed by atoms with E-state index in [1.54, 1.807) is 0 Å². The minimum absolute atomic E-state index is 0.0752. The van der Waals surface area contributed by atoms with Crippen LogP contribution in [0.15, 0.2) is 48.5 Å². The Morgan fingerprint density at radius 1 is 1.10 bits per heavy atom. The SMILES string of the molecule is O=C1CC(c2ccccc2NC(O)c2ccc(OCCN3CCCCC3)cc2)CN1. The van der Waals surface area contributed by atoms with E-state index < -0.39 is 6.23 Å². The van der Waals surface area contributed by atoms with Crippen molar-refractivity contribution >= 4 is 11.6 Å². The van der Waals surface area contributed by atoms with E-state index in [2.05, 4.69) is 15.5 Å². The normalized spacial score (nSPS) is 20.6. The molecule has 0 bridgehead atoms. The summed E-state index contributed by atoms with van der Waals surface area (Å²) in [5, 5.41) is 16.8. The van der Waals surface area contributed by atoms with Gasteiger partial charge < -0.3 is 20.5 Å². The Hall–Kier alpha value is -2.57. The third-order valence-corrected chi connectivity index (χ3v) is 5.99. The quantitative estimate of drug-likeness (QED) is 0.584. The van der Waals surface area contributed by atoms with Crippen LogP contribution in [-0.2, 0) is 4.79 Å². The number of nitrogens with zero attached hydrogens (tertiary/aromatic N) is 1. The summed E-state index contributed by atoms with van der Waals surface area (Å²) in [5.41, 5.74) is 2.68. The lowest BCUT2D eigenvalue weighted by molar-refractivity contribution is -0.119. The Balaban J connectivity index is 1.32. The van der Waals surface area contributed by atoms with Gasteiger partial charge in [0.05, 0.1) is 0 Å². The van der Waals surface area contributed by atoms with Gasteiger partial charge in [-0.3, -0.25) is 9.69 Å². The monoisotopic (exact) mass is 409 g/mol. The molecule has 2 aliphatic heterocycles. The van der Waals surface area contributed by atoms with Crippen molar-refractivity contribution in [2.45, 2.75) is 37.8 Å². The number of amides is 1. The predicted molar refractivity (Wildman–Crippen MR) is 118 cm³/mol. The first kappa shape index (κ1) is 20.7. The van der Waals surface area contributed by atoms with Crippen molar-refractivity contribution in [2.24, 2.45) is 0 Å². The van der Waals surface area contributed by atoms with E-state index in [1.807, 2.05) is 48.5 Å². The van der Waals surface area contributed by atoms with Crippen LogP contribution >= 0.6 is 0 Å². The minimum atomic E-state index is -0.835. The fourth-order valence-corrected chi connectivity index (χ4v) is 4.26. The average Bonchev–Trinajstić information content (AvgIpc) is 3.21. The third-order valence-electron chi connectivity index (χ3n) is 5.99. The minimum Gasteiger partial charge on any atom is -0.492 e. The standard InChI is InChI=1S/C24H31N3O3/c28-23-16-19(17-25-23)21-6-2-3-7-22(21)26-24(29)18-8-10-20(11-9-18)30-15-14-27-12-4-1-5-13-27/h2-3,6-11,19,24,26,29H,1,4-5,12-17H2,(H,25,28). The number of piperidine rings is 1. The molecule has 160 valence electrons. The number of rotatable bonds is 8. The number of aliphatic hydroxyl groups is 1. The lowest BCUT2D eigenvalue weighted by atomic mass is 9.96. The molecule has 30 heavy (non-hydrogen) atoms. The zero-order chi connectivity index (χ0) is 20.8. The van der Waals surface area contributed by atoms with Crippen LogP contribution in [0.5, 0.6) is 5.75 Å². The molecule has 2 fully saturated rings. The summed E-state index contributed by atoms with van der Waals surface area (Å²) in [5.74, 6) is 1.02.